The van der Waals surface area contributed by atoms with Crippen molar-refractivity contribution in [2.75, 3.05) is 5.32 Å². The van der Waals surface area contributed by atoms with Gasteiger partial charge >= 0.3 is 0 Å². The minimum atomic E-state index is -0.280. The Hall–Kier alpha value is -1.90. The predicted molar refractivity (Wildman–Crippen MR) is 69.5 cm³/mol. The molecule has 0 heterocycles. The van der Waals surface area contributed by atoms with E-state index < -0.39 is 0 Å². The number of rotatable bonds is 4. The van der Waals surface area contributed by atoms with E-state index >= 15 is 0 Å². The molecule has 0 aromatic heterocycles. The highest BCUT2D eigenvalue weighted by Crippen LogP contribution is 2.24. The molecule has 0 saturated heterocycles. The second-order valence-electron chi connectivity index (χ2n) is 4.14. The number of benzene rings is 2. The van der Waals surface area contributed by atoms with Gasteiger partial charge in [-0.25, -0.2) is 8.78 Å². The second-order valence-corrected chi connectivity index (χ2v) is 4.14. The fourth-order valence-corrected chi connectivity index (χ4v) is 1.88. The largest absolute Gasteiger partial charge is 0.376 e. The summed E-state index contributed by atoms with van der Waals surface area (Å²) in [6.07, 6.45) is 0.792. The maximum Gasteiger partial charge on any atom is 0.146 e. The van der Waals surface area contributed by atoms with Gasteiger partial charge < -0.3 is 5.32 Å². The van der Waals surface area contributed by atoms with Gasteiger partial charge in [-0.3, -0.25) is 0 Å². The van der Waals surface area contributed by atoms with E-state index in [2.05, 4.69) is 5.32 Å². The van der Waals surface area contributed by atoms with Gasteiger partial charge in [-0.1, -0.05) is 31.2 Å². The Bertz CT molecular complexity index is 508. The van der Waals surface area contributed by atoms with Gasteiger partial charge in [0.05, 0.1) is 11.7 Å². The van der Waals surface area contributed by atoms with Crippen LogP contribution < -0.4 is 5.32 Å². The van der Waals surface area contributed by atoms with Crippen molar-refractivity contribution in [3.8, 4) is 0 Å². The van der Waals surface area contributed by atoms with Crippen LogP contribution in [0.25, 0.3) is 0 Å². The second kappa shape index (κ2) is 5.63. The summed E-state index contributed by atoms with van der Waals surface area (Å²) in [6, 6.07) is 12.8. The molecule has 18 heavy (non-hydrogen) atoms. The van der Waals surface area contributed by atoms with E-state index in [1.807, 2.05) is 6.92 Å². The van der Waals surface area contributed by atoms with Gasteiger partial charge in [0.25, 0.3) is 0 Å². The minimum absolute atomic E-state index is 0.0255. The maximum atomic E-state index is 13.5. The highest BCUT2D eigenvalue weighted by Gasteiger charge is 2.11. The lowest BCUT2D eigenvalue weighted by Gasteiger charge is -2.19. The smallest absolute Gasteiger partial charge is 0.146 e. The number of anilines is 1. The van der Waals surface area contributed by atoms with E-state index in [0.29, 0.717) is 5.69 Å². The van der Waals surface area contributed by atoms with Gasteiger partial charge in [0.1, 0.15) is 11.6 Å². The molecule has 0 spiro atoms. The lowest BCUT2D eigenvalue weighted by atomic mass is 10.0. The molecule has 0 aliphatic rings. The van der Waals surface area contributed by atoms with E-state index in [1.165, 1.54) is 18.2 Å². The molecular weight excluding hydrogens is 232 g/mol. The minimum Gasteiger partial charge on any atom is -0.376 e. The van der Waals surface area contributed by atoms with Crippen LogP contribution in [0.2, 0.25) is 0 Å². The molecule has 0 aliphatic carbocycles. The lowest BCUT2D eigenvalue weighted by Crippen LogP contribution is -2.10. The Morgan fingerprint density at radius 1 is 1.00 bits per heavy atom. The van der Waals surface area contributed by atoms with E-state index in [0.717, 1.165) is 12.0 Å². The molecule has 2 aromatic carbocycles. The third-order valence-corrected chi connectivity index (χ3v) is 2.88. The van der Waals surface area contributed by atoms with E-state index in [-0.39, 0.29) is 17.7 Å². The Morgan fingerprint density at radius 3 is 2.28 bits per heavy atom. The van der Waals surface area contributed by atoms with Crippen molar-refractivity contribution in [2.45, 2.75) is 19.4 Å². The Balaban J connectivity index is 2.20. The van der Waals surface area contributed by atoms with Crippen LogP contribution >= 0.6 is 0 Å². The molecule has 0 aliphatic heterocycles. The van der Waals surface area contributed by atoms with Crippen molar-refractivity contribution in [3.05, 3.63) is 65.7 Å². The summed E-state index contributed by atoms with van der Waals surface area (Å²) in [5.74, 6) is -0.544. The van der Waals surface area contributed by atoms with Crippen LogP contribution in [0, 0.1) is 11.6 Å². The van der Waals surface area contributed by atoms with Crippen molar-refractivity contribution in [1.82, 2.24) is 0 Å². The third kappa shape index (κ3) is 2.86. The third-order valence-electron chi connectivity index (χ3n) is 2.88. The summed E-state index contributed by atoms with van der Waals surface area (Å²) in [5.41, 5.74) is 1.41. The summed E-state index contributed by atoms with van der Waals surface area (Å²) in [4.78, 5) is 0. The number of hydrogen-bond donors (Lipinski definition) is 1. The van der Waals surface area contributed by atoms with Gasteiger partial charge in [0.15, 0.2) is 0 Å². The van der Waals surface area contributed by atoms with E-state index in [4.69, 9.17) is 0 Å². The van der Waals surface area contributed by atoms with Crippen LogP contribution in [0.4, 0.5) is 14.5 Å². The highest BCUT2D eigenvalue weighted by molar-refractivity contribution is 5.46. The van der Waals surface area contributed by atoms with Gasteiger partial charge in [0.2, 0.25) is 0 Å². The lowest BCUT2D eigenvalue weighted by molar-refractivity contribution is 0.619. The average molecular weight is 247 g/mol. The van der Waals surface area contributed by atoms with Crippen molar-refractivity contribution in [2.24, 2.45) is 0 Å². The van der Waals surface area contributed by atoms with Crippen molar-refractivity contribution >= 4 is 5.69 Å². The first-order chi connectivity index (χ1) is 8.70. The highest BCUT2D eigenvalue weighted by atomic mass is 19.1. The molecule has 1 nitrogen and oxygen atoms in total. The van der Waals surface area contributed by atoms with Gasteiger partial charge in [0, 0.05) is 0 Å². The van der Waals surface area contributed by atoms with Crippen molar-refractivity contribution < 1.29 is 8.78 Å². The maximum absolute atomic E-state index is 13.5. The van der Waals surface area contributed by atoms with Gasteiger partial charge in [-0.05, 0) is 36.2 Å². The summed E-state index contributed by atoms with van der Waals surface area (Å²) in [7, 11) is 0. The standard InChI is InChI=1S/C15H15F2N/c1-2-14(11-7-9-12(16)10-8-11)18-15-6-4-3-5-13(15)17/h3-10,14,18H,2H2,1H3. The number of halogens is 2. The molecule has 0 saturated carbocycles. The first-order valence-electron chi connectivity index (χ1n) is 5.97. The van der Waals surface area contributed by atoms with Crippen LogP contribution in [0.15, 0.2) is 48.5 Å². The Labute approximate surface area is 105 Å². The summed E-state index contributed by atoms with van der Waals surface area (Å²) in [6.45, 7) is 2.00. The number of hydrogen-bond acceptors (Lipinski definition) is 1. The first-order valence-corrected chi connectivity index (χ1v) is 5.97. The van der Waals surface area contributed by atoms with Crippen LogP contribution in [0.3, 0.4) is 0 Å². The molecule has 1 atom stereocenters. The molecule has 0 amide bonds. The van der Waals surface area contributed by atoms with Crippen molar-refractivity contribution in [1.29, 1.82) is 0 Å². The fraction of sp³-hybridized carbons (Fsp3) is 0.200. The average Bonchev–Trinajstić information content (AvgIpc) is 2.39. The summed E-state index contributed by atoms with van der Waals surface area (Å²) >= 11 is 0. The predicted octanol–water partition coefficient (Wildman–Crippen LogP) is 4.53. The van der Waals surface area contributed by atoms with E-state index in [9.17, 15) is 8.78 Å². The van der Waals surface area contributed by atoms with Crippen LogP contribution in [-0.2, 0) is 0 Å². The normalized spacial score (nSPS) is 12.2. The van der Waals surface area contributed by atoms with Crippen LogP contribution in [0.1, 0.15) is 24.9 Å². The topological polar surface area (TPSA) is 12.0 Å². The molecule has 0 fully saturated rings. The molecule has 2 aromatic rings. The molecular formula is C15H15F2N. The Kier molecular flexibility index (Phi) is 3.92. The molecule has 2 rings (SSSR count). The Morgan fingerprint density at radius 2 is 1.67 bits per heavy atom. The molecule has 0 radical (unpaired) electrons. The fourth-order valence-electron chi connectivity index (χ4n) is 1.88. The molecule has 0 bridgehead atoms. The van der Waals surface area contributed by atoms with Crippen LogP contribution in [0.5, 0.6) is 0 Å². The zero-order chi connectivity index (χ0) is 13.0. The SMILES string of the molecule is CCC(Nc1ccccc1F)c1ccc(F)cc1. The zero-order valence-corrected chi connectivity index (χ0v) is 10.2. The quantitative estimate of drug-likeness (QED) is 0.837. The van der Waals surface area contributed by atoms with Crippen LogP contribution in [-0.4, -0.2) is 0 Å². The number of nitrogens with one attached hydrogen (secondary N) is 1. The number of para-hydroxylation sites is 1. The monoisotopic (exact) mass is 247 g/mol. The molecule has 3 heteroatoms. The molecule has 1 unspecified atom stereocenters. The van der Waals surface area contributed by atoms with Gasteiger partial charge in [-0.2, -0.15) is 0 Å². The summed E-state index contributed by atoms with van der Waals surface area (Å²) in [5, 5.41) is 3.14. The zero-order valence-electron chi connectivity index (χ0n) is 10.2. The van der Waals surface area contributed by atoms with E-state index in [1.54, 1.807) is 30.3 Å². The molecule has 94 valence electrons. The first kappa shape index (κ1) is 12.6. The van der Waals surface area contributed by atoms with Crippen molar-refractivity contribution in [3.63, 3.8) is 0 Å². The van der Waals surface area contributed by atoms with Gasteiger partial charge in [-0.15, -0.1) is 0 Å². The molecule has 1 N–H and O–H groups in total. The summed E-state index contributed by atoms with van der Waals surface area (Å²) < 4.78 is 26.4.